The van der Waals surface area contributed by atoms with Crippen LogP contribution in [0.3, 0.4) is 0 Å². The molecule has 0 aromatic heterocycles. The highest BCUT2D eigenvalue weighted by Gasteiger charge is 2.59. The van der Waals surface area contributed by atoms with Crippen molar-refractivity contribution in [2.75, 3.05) is 33.8 Å². The Labute approximate surface area is 226 Å². The van der Waals surface area contributed by atoms with E-state index in [1.165, 1.54) is 96.3 Å². The van der Waals surface area contributed by atoms with Gasteiger partial charge in [-0.1, -0.05) is 90.4 Å². The number of quaternary nitrogens is 1. The first-order chi connectivity index (χ1) is 17.7. The van der Waals surface area contributed by atoms with E-state index in [0.717, 1.165) is 24.0 Å². The fraction of sp³-hybridized carbons (Fsp3) is 0.964. The number of unbranched alkanes of at least 4 members (excludes halogenated alkanes) is 14. The van der Waals surface area contributed by atoms with Crippen molar-refractivity contribution in [1.82, 2.24) is 0 Å². The smallest absolute Gasteiger partial charge is 0.479 e. The van der Waals surface area contributed by atoms with Crippen molar-refractivity contribution in [2.45, 2.75) is 140 Å². The number of carboxylic acid groups (broad SMARTS) is 1. The molecule has 0 radical (unpaired) electrons. The predicted octanol–water partition coefficient (Wildman–Crippen LogP) is 4.88. The molecule has 5 atom stereocenters. The number of aliphatic hydroxyl groups excluding tert-OH is 2. The second kappa shape index (κ2) is 17.2. The predicted molar refractivity (Wildman–Crippen MR) is 147 cm³/mol. The molecule has 2 heterocycles. The molecular weight excluding hydrogens is 490 g/mol. The summed E-state index contributed by atoms with van der Waals surface area (Å²) < 4.78 is 18.2. The van der Waals surface area contributed by atoms with Crippen molar-refractivity contribution in [3.8, 4) is 0 Å². The Bertz CT molecular complexity index is 638. The van der Waals surface area contributed by atoms with Crippen molar-refractivity contribution in [1.29, 1.82) is 0 Å². The minimum absolute atomic E-state index is 0.0116. The van der Waals surface area contributed by atoms with Crippen LogP contribution in [0.2, 0.25) is 6.04 Å². The molecule has 37 heavy (non-hydrogen) atoms. The van der Waals surface area contributed by atoms with Gasteiger partial charge in [-0.25, -0.2) is 4.79 Å². The van der Waals surface area contributed by atoms with Gasteiger partial charge >= 0.3 is 14.8 Å². The fourth-order valence-corrected chi connectivity index (χ4v) is 8.48. The lowest BCUT2D eigenvalue weighted by atomic mass is 10.0. The van der Waals surface area contributed by atoms with Crippen molar-refractivity contribution < 1.29 is 37.9 Å². The average Bonchev–Trinajstić information content (AvgIpc) is 2.85. The summed E-state index contributed by atoms with van der Waals surface area (Å²) in [5.74, 6) is -1.25. The summed E-state index contributed by atoms with van der Waals surface area (Å²) >= 11 is 0. The van der Waals surface area contributed by atoms with Gasteiger partial charge < -0.3 is 33.1 Å². The lowest BCUT2D eigenvalue weighted by molar-refractivity contribution is -0.890. The van der Waals surface area contributed by atoms with Gasteiger partial charge in [-0.05, 0) is 12.8 Å². The minimum Gasteiger partial charge on any atom is -0.479 e. The number of aliphatic carboxylic acids is 1. The summed E-state index contributed by atoms with van der Waals surface area (Å²) in [6.07, 6.45) is 16.5. The first kappa shape index (κ1) is 32.7. The van der Waals surface area contributed by atoms with Gasteiger partial charge in [0.1, 0.15) is 18.3 Å². The molecule has 9 heteroatoms. The maximum Gasteiger partial charge on any atom is 0.502 e. The zero-order valence-corrected chi connectivity index (χ0v) is 24.9. The first-order valence-electron chi connectivity index (χ1n) is 15.1. The standard InChI is InChI=1S/C28H55NO7Si/c1-4-5-6-7-8-9-10-11-12-13-14-15-16-17-18-20-29(2,3)21-19-22-37-34-23-24(30)26(35-37)25(31)27(36-37)28(32)33/h24-27,30-31H,4-23H2,1-3H3/p+1/t24-,25+,26+,27-,37?/m1/s1. The lowest BCUT2D eigenvalue weighted by Gasteiger charge is -2.48. The third kappa shape index (κ3) is 12.0. The van der Waals surface area contributed by atoms with Crippen molar-refractivity contribution >= 4 is 14.8 Å². The monoisotopic (exact) mass is 546 g/mol. The van der Waals surface area contributed by atoms with E-state index >= 15 is 0 Å². The second-order valence-electron chi connectivity index (χ2n) is 11.9. The molecule has 2 saturated heterocycles. The number of carbonyl (C=O) groups is 1. The molecule has 2 aliphatic rings. The molecule has 0 amide bonds. The van der Waals surface area contributed by atoms with Gasteiger partial charge in [0.2, 0.25) is 0 Å². The average molecular weight is 547 g/mol. The summed E-state index contributed by atoms with van der Waals surface area (Å²) in [6.45, 7) is 4.30. The molecule has 3 N–H and O–H groups in total. The number of rotatable bonds is 21. The molecule has 1 unspecified atom stereocenters. The van der Waals surface area contributed by atoms with Crippen LogP contribution in [-0.2, 0) is 18.1 Å². The van der Waals surface area contributed by atoms with E-state index in [2.05, 4.69) is 21.0 Å². The molecule has 0 aromatic rings. The molecule has 2 rings (SSSR count). The highest BCUT2D eigenvalue weighted by atomic mass is 28.4. The Morgan fingerprint density at radius 1 is 0.784 bits per heavy atom. The van der Waals surface area contributed by atoms with Crippen LogP contribution < -0.4 is 0 Å². The van der Waals surface area contributed by atoms with E-state index in [9.17, 15) is 20.1 Å². The van der Waals surface area contributed by atoms with Crippen LogP contribution in [0.15, 0.2) is 0 Å². The van der Waals surface area contributed by atoms with Crippen LogP contribution in [0.4, 0.5) is 0 Å². The highest BCUT2D eigenvalue weighted by molar-refractivity contribution is 6.61. The Morgan fingerprint density at radius 2 is 1.27 bits per heavy atom. The Morgan fingerprint density at radius 3 is 1.78 bits per heavy atom. The van der Waals surface area contributed by atoms with E-state index in [-0.39, 0.29) is 6.61 Å². The maximum atomic E-state index is 11.5. The summed E-state index contributed by atoms with van der Waals surface area (Å²) in [5, 5.41) is 29.7. The Balaban J connectivity index is 1.51. The van der Waals surface area contributed by atoms with Gasteiger partial charge in [-0.3, -0.25) is 0 Å². The van der Waals surface area contributed by atoms with Crippen LogP contribution in [0, 0.1) is 0 Å². The van der Waals surface area contributed by atoms with Gasteiger partial charge in [0.15, 0.2) is 6.10 Å². The lowest BCUT2D eigenvalue weighted by Crippen LogP contribution is -2.70. The Hall–Kier alpha value is -0.553. The first-order valence-corrected chi connectivity index (χ1v) is 17.0. The van der Waals surface area contributed by atoms with Crippen molar-refractivity contribution in [3.63, 3.8) is 0 Å². The number of fused-ring (bicyclic) bond motifs is 2. The third-order valence-corrected chi connectivity index (χ3v) is 10.8. The van der Waals surface area contributed by atoms with Crippen LogP contribution in [-0.4, -0.2) is 92.8 Å². The zero-order chi connectivity index (χ0) is 27.2. The number of carboxylic acids is 1. The summed E-state index contributed by atoms with van der Waals surface area (Å²) in [4.78, 5) is 11.5. The van der Waals surface area contributed by atoms with E-state index in [1.54, 1.807) is 0 Å². The highest BCUT2D eigenvalue weighted by Crippen LogP contribution is 2.35. The van der Waals surface area contributed by atoms with E-state index in [1.807, 2.05) is 0 Å². The molecule has 2 bridgehead atoms. The molecule has 0 aromatic carbocycles. The third-order valence-electron chi connectivity index (χ3n) is 7.98. The van der Waals surface area contributed by atoms with Gasteiger partial charge in [0.05, 0.1) is 33.8 Å². The Kier molecular flexibility index (Phi) is 15.2. The number of hydrogen-bond acceptors (Lipinski definition) is 6. The molecule has 0 saturated carbocycles. The van der Waals surface area contributed by atoms with Crippen LogP contribution in [0.5, 0.6) is 0 Å². The summed E-state index contributed by atoms with van der Waals surface area (Å²) in [5.41, 5.74) is 0. The molecule has 8 nitrogen and oxygen atoms in total. The topological polar surface area (TPSA) is 105 Å². The number of aliphatic hydroxyl groups is 2. The van der Waals surface area contributed by atoms with Crippen LogP contribution in [0.25, 0.3) is 0 Å². The normalized spacial score (nSPS) is 27.9. The molecule has 218 valence electrons. The van der Waals surface area contributed by atoms with E-state index in [4.69, 9.17) is 13.3 Å². The summed E-state index contributed by atoms with van der Waals surface area (Å²) in [6, 6.07) is 0.493. The number of hydrogen-bond donors (Lipinski definition) is 3. The van der Waals surface area contributed by atoms with Gasteiger partial charge in [-0.2, -0.15) is 0 Å². The minimum atomic E-state index is -3.23. The molecule has 0 spiro atoms. The SMILES string of the molecule is CCCCCCCCCCCCCCCCC[N+](C)(C)CCC[Si]12OC[C@@H](O)[C@H](O1)[C@H](O)[C@H](C(=O)O)O2. The summed E-state index contributed by atoms with van der Waals surface area (Å²) in [7, 11) is 1.22. The fourth-order valence-electron chi connectivity index (χ4n) is 5.55. The van der Waals surface area contributed by atoms with Gasteiger partial charge in [0, 0.05) is 12.5 Å². The molecule has 2 aliphatic heterocycles. The van der Waals surface area contributed by atoms with Gasteiger partial charge in [-0.15, -0.1) is 0 Å². The molecular formula is C28H56NO7Si+. The van der Waals surface area contributed by atoms with Gasteiger partial charge in [0.25, 0.3) is 0 Å². The molecule has 2 fully saturated rings. The second-order valence-corrected chi connectivity index (χ2v) is 14.6. The van der Waals surface area contributed by atoms with Crippen molar-refractivity contribution in [3.05, 3.63) is 0 Å². The van der Waals surface area contributed by atoms with E-state index < -0.39 is 39.2 Å². The largest absolute Gasteiger partial charge is 0.502 e. The zero-order valence-electron chi connectivity index (χ0n) is 23.9. The quantitative estimate of drug-likeness (QED) is 0.107. The van der Waals surface area contributed by atoms with Crippen molar-refractivity contribution in [2.24, 2.45) is 0 Å². The van der Waals surface area contributed by atoms with Crippen LogP contribution in [0.1, 0.15) is 110 Å². The maximum absolute atomic E-state index is 11.5. The van der Waals surface area contributed by atoms with Crippen LogP contribution >= 0.6 is 0 Å². The van der Waals surface area contributed by atoms with E-state index in [0.29, 0.717) is 6.04 Å². The molecule has 0 aliphatic carbocycles. The number of nitrogens with zero attached hydrogens (tertiary/aromatic N) is 1.